The highest BCUT2D eigenvalue weighted by atomic mass is 32.2. The second kappa shape index (κ2) is 9.28. The number of rotatable bonds is 3. The Kier molecular flexibility index (Phi) is 6.45. The standard InChI is InChI=1S/C23H28N4O4S/c1-15(2)11-18-14-31-21-13-20(16-7-4-3-5-8-16)25-23(26-21)27-32(29,30)19-10-6-9-17(12-19)22(28)24-18/h6-7,9-10,12-13,15,18H,3-5,8,11,14H2,1-2H3,(H,24,28)(H,25,26,27)/t18-/m1/s1. The molecule has 0 radical (unpaired) electrons. The third-order valence-electron chi connectivity index (χ3n) is 5.48. The highest BCUT2D eigenvalue weighted by molar-refractivity contribution is 7.92. The van der Waals surface area contributed by atoms with Gasteiger partial charge in [-0.3, -0.25) is 4.79 Å². The van der Waals surface area contributed by atoms with Gasteiger partial charge in [0, 0.05) is 11.6 Å². The number of nitrogens with one attached hydrogen (secondary N) is 2. The van der Waals surface area contributed by atoms with Gasteiger partial charge in [0.15, 0.2) is 0 Å². The monoisotopic (exact) mass is 456 g/mol. The summed E-state index contributed by atoms with van der Waals surface area (Å²) in [6, 6.07) is 7.42. The van der Waals surface area contributed by atoms with E-state index in [1.165, 1.54) is 12.1 Å². The summed E-state index contributed by atoms with van der Waals surface area (Å²) in [7, 11) is -3.99. The minimum absolute atomic E-state index is 0.0295. The van der Waals surface area contributed by atoms with Crippen LogP contribution in [0.4, 0.5) is 5.95 Å². The number of ether oxygens (including phenoxy) is 1. The average Bonchev–Trinajstić information content (AvgIpc) is 2.77. The zero-order chi connectivity index (χ0) is 22.7. The number of fused-ring (bicyclic) bond motifs is 4. The van der Waals surface area contributed by atoms with Crippen molar-refractivity contribution in [3.05, 3.63) is 47.7 Å². The number of amides is 1. The molecule has 2 aromatic rings. The Balaban J connectivity index is 1.78. The third-order valence-corrected chi connectivity index (χ3v) is 6.80. The second-order valence-electron chi connectivity index (χ2n) is 8.63. The smallest absolute Gasteiger partial charge is 0.264 e. The first-order valence-corrected chi connectivity index (χ1v) is 12.4. The highest BCUT2D eigenvalue weighted by Crippen LogP contribution is 2.29. The van der Waals surface area contributed by atoms with Gasteiger partial charge in [-0.1, -0.05) is 26.0 Å². The predicted molar refractivity (Wildman–Crippen MR) is 122 cm³/mol. The Labute approximate surface area is 188 Å². The summed E-state index contributed by atoms with van der Waals surface area (Å²) in [5.41, 5.74) is 1.98. The summed E-state index contributed by atoms with van der Waals surface area (Å²) in [5, 5.41) is 2.97. The number of anilines is 1. The lowest BCUT2D eigenvalue weighted by molar-refractivity contribution is 0.0913. The van der Waals surface area contributed by atoms with Gasteiger partial charge in [0.05, 0.1) is 16.6 Å². The molecule has 1 aromatic heterocycles. The summed E-state index contributed by atoms with van der Waals surface area (Å²) in [6.45, 7) is 4.35. The van der Waals surface area contributed by atoms with Crippen LogP contribution in [0.1, 0.15) is 62.0 Å². The molecule has 2 aliphatic rings. The van der Waals surface area contributed by atoms with Gasteiger partial charge in [0.2, 0.25) is 11.8 Å². The lowest BCUT2D eigenvalue weighted by Gasteiger charge is -2.21. The van der Waals surface area contributed by atoms with E-state index in [2.05, 4.69) is 39.9 Å². The van der Waals surface area contributed by atoms with Gasteiger partial charge in [0.25, 0.3) is 15.9 Å². The van der Waals surface area contributed by atoms with Crippen molar-refractivity contribution in [1.82, 2.24) is 15.3 Å². The van der Waals surface area contributed by atoms with Gasteiger partial charge in [-0.15, -0.1) is 0 Å². The van der Waals surface area contributed by atoms with E-state index in [1.54, 1.807) is 18.2 Å². The maximum absolute atomic E-state index is 13.0. The minimum Gasteiger partial charge on any atom is -0.475 e. The molecule has 0 fully saturated rings. The van der Waals surface area contributed by atoms with E-state index in [-0.39, 0.29) is 40.8 Å². The summed E-state index contributed by atoms with van der Waals surface area (Å²) in [6.07, 6.45) is 6.86. The molecule has 170 valence electrons. The molecule has 1 aromatic carbocycles. The van der Waals surface area contributed by atoms with E-state index in [1.807, 2.05) is 0 Å². The molecule has 0 saturated heterocycles. The second-order valence-corrected chi connectivity index (χ2v) is 10.3. The Morgan fingerprint density at radius 1 is 1.19 bits per heavy atom. The third kappa shape index (κ3) is 5.27. The number of carbonyl (C=O) groups is 1. The number of benzene rings is 1. The molecule has 1 aliphatic heterocycles. The van der Waals surface area contributed by atoms with Crippen molar-refractivity contribution in [2.24, 2.45) is 5.92 Å². The van der Waals surface area contributed by atoms with Gasteiger partial charge >= 0.3 is 0 Å². The molecular weight excluding hydrogens is 428 g/mol. The zero-order valence-electron chi connectivity index (χ0n) is 18.3. The van der Waals surface area contributed by atoms with Crippen molar-refractivity contribution in [2.45, 2.75) is 56.9 Å². The molecule has 1 aliphatic carbocycles. The number of hydrogen-bond donors (Lipinski definition) is 2. The Bertz CT molecular complexity index is 1140. The molecule has 0 saturated carbocycles. The molecule has 0 spiro atoms. The van der Waals surface area contributed by atoms with Crippen LogP contribution < -0.4 is 14.8 Å². The summed E-state index contributed by atoms with van der Waals surface area (Å²) in [5.74, 6) is 0.208. The fourth-order valence-electron chi connectivity index (χ4n) is 3.96. The van der Waals surface area contributed by atoms with E-state index in [0.29, 0.717) is 18.0 Å². The number of carbonyl (C=O) groups excluding carboxylic acids is 1. The van der Waals surface area contributed by atoms with Crippen LogP contribution in [0.5, 0.6) is 5.88 Å². The molecule has 4 rings (SSSR count). The van der Waals surface area contributed by atoms with Crippen molar-refractivity contribution in [3.63, 3.8) is 0 Å². The Morgan fingerprint density at radius 2 is 2.03 bits per heavy atom. The Morgan fingerprint density at radius 3 is 2.78 bits per heavy atom. The van der Waals surface area contributed by atoms with Crippen LogP contribution in [-0.4, -0.2) is 36.9 Å². The maximum atomic E-state index is 13.0. The van der Waals surface area contributed by atoms with Crippen molar-refractivity contribution < 1.29 is 17.9 Å². The fourth-order valence-corrected chi connectivity index (χ4v) is 4.95. The van der Waals surface area contributed by atoms with Crippen LogP contribution in [0, 0.1) is 5.92 Å². The van der Waals surface area contributed by atoms with Crippen LogP contribution in [0.2, 0.25) is 0 Å². The van der Waals surface area contributed by atoms with Crippen LogP contribution in [-0.2, 0) is 10.0 Å². The molecule has 1 amide bonds. The molecule has 1 atom stereocenters. The lowest BCUT2D eigenvalue weighted by atomic mass is 9.97. The summed E-state index contributed by atoms with van der Waals surface area (Å²) >= 11 is 0. The van der Waals surface area contributed by atoms with Crippen molar-refractivity contribution in [1.29, 1.82) is 0 Å². The number of nitrogens with zero attached hydrogens (tertiary/aromatic N) is 2. The van der Waals surface area contributed by atoms with E-state index >= 15 is 0 Å². The van der Waals surface area contributed by atoms with E-state index < -0.39 is 10.0 Å². The fraction of sp³-hybridized carbons (Fsp3) is 0.435. The Hall–Kier alpha value is -2.94. The normalized spacial score (nSPS) is 20.5. The van der Waals surface area contributed by atoms with Crippen molar-refractivity contribution >= 4 is 27.5 Å². The van der Waals surface area contributed by atoms with Crippen molar-refractivity contribution in [2.75, 3.05) is 11.3 Å². The molecule has 2 N–H and O–H groups in total. The highest BCUT2D eigenvalue weighted by Gasteiger charge is 2.23. The van der Waals surface area contributed by atoms with Gasteiger partial charge in [-0.2, -0.15) is 4.98 Å². The maximum Gasteiger partial charge on any atom is 0.264 e. The molecule has 8 nitrogen and oxygen atoms in total. The van der Waals surface area contributed by atoms with Gasteiger partial charge in [-0.25, -0.2) is 18.1 Å². The van der Waals surface area contributed by atoms with Crippen molar-refractivity contribution in [3.8, 4) is 5.88 Å². The average molecular weight is 457 g/mol. The molecule has 4 bridgehead atoms. The quantitative estimate of drug-likeness (QED) is 0.727. The van der Waals surface area contributed by atoms with E-state index in [0.717, 1.165) is 31.3 Å². The number of aromatic nitrogens is 2. The van der Waals surface area contributed by atoms with E-state index in [4.69, 9.17) is 4.74 Å². The van der Waals surface area contributed by atoms with Crippen LogP contribution in [0.25, 0.3) is 5.57 Å². The first-order chi connectivity index (χ1) is 15.3. The van der Waals surface area contributed by atoms with Crippen LogP contribution >= 0.6 is 0 Å². The molecular formula is C23H28N4O4S. The molecule has 0 unspecified atom stereocenters. The first-order valence-electron chi connectivity index (χ1n) is 11.0. The zero-order valence-corrected chi connectivity index (χ0v) is 19.1. The number of allylic oxidation sites excluding steroid dienone is 2. The van der Waals surface area contributed by atoms with Crippen LogP contribution in [0.15, 0.2) is 41.3 Å². The first kappa shape index (κ1) is 22.3. The molecule has 9 heteroatoms. The van der Waals surface area contributed by atoms with E-state index in [9.17, 15) is 13.2 Å². The van der Waals surface area contributed by atoms with Gasteiger partial charge in [-0.05, 0) is 61.8 Å². The summed E-state index contributed by atoms with van der Waals surface area (Å²) in [4.78, 5) is 21.5. The SMILES string of the molecule is CC(C)C[C@@H]1COc2cc(C3=CCCCC3)nc(n2)NS(=O)(=O)c2cccc(c2)C(=O)N1. The molecule has 2 heterocycles. The van der Waals surface area contributed by atoms with Gasteiger partial charge < -0.3 is 10.1 Å². The largest absolute Gasteiger partial charge is 0.475 e. The number of sulfonamides is 1. The topological polar surface area (TPSA) is 110 Å². The minimum atomic E-state index is -3.99. The number of hydrogen-bond acceptors (Lipinski definition) is 6. The molecule has 32 heavy (non-hydrogen) atoms. The van der Waals surface area contributed by atoms with Crippen LogP contribution in [0.3, 0.4) is 0 Å². The summed E-state index contributed by atoms with van der Waals surface area (Å²) < 4.78 is 34.4. The lowest BCUT2D eigenvalue weighted by Crippen LogP contribution is -2.40. The predicted octanol–water partition coefficient (Wildman–Crippen LogP) is 3.77. The van der Waals surface area contributed by atoms with Gasteiger partial charge in [0.1, 0.15) is 6.61 Å².